The summed E-state index contributed by atoms with van der Waals surface area (Å²) in [4.78, 5) is 0. The number of methoxy groups -OCH3 is 1. The zero-order chi connectivity index (χ0) is 19.6. The van der Waals surface area contributed by atoms with Crippen LogP contribution in [0.1, 0.15) is 11.1 Å². The molecule has 0 bridgehead atoms. The van der Waals surface area contributed by atoms with Gasteiger partial charge < -0.3 is 4.74 Å². The van der Waals surface area contributed by atoms with Crippen molar-refractivity contribution < 1.29 is 13.2 Å². The van der Waals surface area contributed by atoms with Crippen LogP contribution in [-0.4, -0.2) is 25.3 Å². The second-order valence-electron chi connectivity index (χ2n) is 6.13. The van der Waals surface area contributed by atoms with Gasteiger partial charge in [0.15, 0.2) is 0 Å². The highest BCUT2D eigenvalue weighted by Crippen LogP contribution is 2.30. The summed E-state index contributed by atoms with van der Waals surface area (Å²) in [5, 5.41) is 4.89. The van der Waals surface area contributed by atoms with Crippen LogP contribution in [0.3, 0.4) is 0 Å². The number of nitrogens with one attached hydrogen (secondary N) is 1. The molecule has 3 aromatic rings. The van der Waals surface area contributed by atoms with E-state index in [9.17, 15) is 8.42 Å². The van der Waals surface area contributed by atoms with E-state index in [0.717, 1.165) is 16.9 Å². The van der Waals surface area contributed by atoms with Crippen LogP contribution >= 0.6 is 11.6 Å². The number of anilines is 1. The number of rotatable bonds is 6. The first-order valence-corrected chi connectivity index (χ1v) is 10.3. The number of hydrogen-bond donors (Lipinski definition) is 1. The van der Waals surface area contributed by atoms with Gasteiger partial charge in [-0.3, -0.25) is 9.40 Å². The Morgan fingerprint density at radius 3 is 2.44 bits per heavy atom. The van der Waals surface area contributed by atoms with E-state index >= 15 is 0 Å². The van der Waals surface area contributed by atoms with Crippen LogP contribution in [0.25, 0.3) is 11.3 Å². The van der Waals surface area contributed by atoms with Gasteiger partial charge in [0.25, 0.3) is 0 Å². The van der Waals surface area contributed by atoms with Gasteiger partial charge in [-0.2, -0.15) is 5.10 Å². The molecule has 3 rings (SSSR count). The smallest absolute Gasteiger partial charge is 0.238 e. The van der Waals surface area contributed by atoms with Gasteiger partial charge in [-0.15, -0.1) is 0 Å². The molecule has 0 saturated carbocycles. The van der Waals surface area contributed by atoms with Crippen molar-refractivity contribution in [1.82, 2.24) is 9.78 Å². The third-order valence-electron chi connectivity index (χ3n) is 4.20. The Kier molecular flexibility index (Phi) is 5.43. The summed E-state index contributed by atoms with van der Waals surface area (Å²) in [5.74, 6) is 0.954. The lowest BCUT2D eigenvalue weighted by Crippen LogP contribution is -2.18. The van der Waals surface area contributed by atoms with Crippen LogP contribution in [0, 0.1) is 6.92 Å². The van der Waals surface area contributed by atoms with Crippen LogP contribution in [0.2, 0.25) is 5.02 Å². The van der Waals surface area contributed by atoms with Crippen LogP contribution < -0.4 is 9.46 Å². The van der Waals surface area contributed by atoms with E-state index in [1.54, 1.807) is 38.4 Å². The maximum Gasteiger partial charge on any atom is 0.238 e. The molecule has 1 heterocycles. The average molecular weight is 406 g/mol. The lowest BCUT2D eigenvalue weighted by atomic mass is 10.1. The molecular formula is C19H20ClN3O3S. The molecule has 0 spiro atoms. The monoisotopic (exact) mass is 405 g/mol. The van der Waals surface area contributed by atoms with E-state index in [2.05, 4.69) is 9.82 Å². The van der Waals surface area contributed by atoms with Gasteiger partial charge in [-0.1, -0.05) is 29.8 Å². The standard InChI is InChI=1S/C19H20ClN3O3S/c1-13-18(14-8-10-16(26-3)11-9-14)21-23(2)19(13)22-27(24,25)12-15-6-4-5-7-17(15)20/h4-11,22H,12H2,1-3H3. The molecule has 0 atom stereocenters. The minimum Gasteiger partial charge on any atom is -0.497 e. The van der Waals surface area contributed by atoms with Crippen molar-refractivity contribution in [1.29, 1.82) is 0 Å². The topological polar surface area (TPSA) is 73.2 Å². The molecule has 2 aromatic carbocycles. The number of benzene rings is 2. The molecule has 27 heavy (non-hydrogen) atoms. The highest BCUT2D eigenvalue weighted by molar-refractivity contribution is 7.91. The van der Waals surface area contributed by atoms with Crippen molar-refractivity contribution in [2.45, 2.75) is 12.7 Å². The molecule has 0 fully saturated rings. The van der Waals surface area contributed by atoms with Gasteiger partial charge in [-0.05, 0) is 42.8 Å². The SMILES string of the molecule is COc1ccc(-c2nn(C)c(NS(=O)(=O)Cc3ccccc3Cl)c2C)cc1. The van der Waals surface area contributed by atoms with E-state index in [1.807, 2.05) is 31.2 Å². The van der Waals surface area contributed by atoms with Crippen LogP contribution in [-0.2, 0) is 22.8 Å². The molecule has 0 aliphatic carbocycles. The van der Waals surface area contributed by atoms with Crippen molar-refractivity contribution in [2.75, 3.05) is 11.8 Å². The Balaban J connectivity index is 1.89. The molecule has 0 aliphatic heterocycles. The first kappa shape index (κ1) is 19.3. The number of ether oxygens (including phenoxy) is 1. The molecule has 0 saturated heterocycles. The van der Waals surface area contributed by atoms with Gasteiger partial charge in [0.05, 0.1) is 18.6 Å². The van der Waals surface area contributed by atoms with Crippen LogP contribution in [0.5, 0.6) is 5.75 Å². The van der Waals surface area contributed by atoms with E-state index in [-0.39, 0.29) is 5.75 Å². The predicted molar refractivity (Wildman–Crippen MR) is 108 cm³/mol. The van der Waals surface area contributed by atoms with Crippen LogP contribution in [0.4, 0.5) is 5.82 Å². The number of nitrogens with zero attached hydrogens (tertiary/aromatic N) is 2. The van der Waals surface area contributed by atoms with E-state index in [1.165, 1.54) is 4.68 Å². The molecule has 0 aliphatic rings. The minimum absolute atomic E-state index is 0.213. The third kappa shape index (κ3) is 4.26. The quantitative estimate of drug-likeness (QED) is 0.672. The molecular weight excluding hydrogens is 386 g/mol. The van der Waals surface area contributed by atoms with Crippen molar-refractivity contribution >= 4 is 27.4 Å². The molecule has 8 heteroatoms. The second-order valence-corrected chi connectivity index (χ2v) is 8.26. The summed E-state index contributed by atoms with van der Waals surface area (Å²) in [7, 11) is -0.344. The number of sulfonamides is 1. The van der Waals surface area contributed by atoms with E-state index < -0.39 is 10.0 Å². The predicted octanol–water partition coefficient (Wildman–Crippen LogP) is 4.00. The summed E-state index contributed by atoms with van der Waals surface area (Å²) in [6.45, 7) is 1.83. The summed E-state index contributed by atoms with van der Waals surface area (Å²) in [6, 6.07) is 14.3. The van der Waals surface area contributed by atoms with E-state index in [0.29, 0.717) is 22.1 Å². The molecule has 0 radical (unpaired) electrons. The Bertz CT molecular complexity index is 1060. The summed E-state index contributed by atoms with van der Waals surface area (Å²) in [6.07, 6.45) is 0. The first-order chi connectivity index (χ1) is 12.8. The lowest BCUT2D eigenvalue weighted by Gasteiger charge is -2.10. The number of aryl methyl sites for hydroxylation is 1. The fraction of sp³-hybridized carbons (Fsp3) is 0.211. The first-order valence-electron chi connectivity index (χ1n) is 8.22. The van der Waals surface area contributed by atoms with Gasteiger partial charge in [-0.25, -0.2) is 8.42 Å². The van der Waals surface area contributed by atoms with Crippen molar-refractivity contribution in [2.24, 2.45) is 7.05 Å². The Hall–Kier alpha value is -2.51. The number of halogens is 1. The number of hydrogen-bond acceptors (Lipinski definition) is 4. The highest BCUT2D eigenvalue weighted by Gasteiger charge is 2.20. The fourth-order valence-corrected chi connectivity index (χ4v) is 4.39. The van der Waals surface area contributed by atoms with Crippen molar-refractivity contribution in [3.05, 3.63) is 64.7 Å². The summed E-state index contributed by atoms with van der Waals surface area (Å²) < 4.78 is 34.6. The summed E-state index contributed by atoms with van der Waals surface area (Å²) >= 11 is 6.08. The van der Waals surface area contributed by atoms with Gasteiger partial charge in [0.1, 0.15) is 11.6 Å². The molecule has 0 unspecified atom stereocenters. The average Bonchev–Trinajstić information content (AvgIpc) is 2.91. The lowest BCUT2D eigenvalue weighted by molar-refractivity contribution is 0.415. The van der Waals surface area contributed by atoms with Crippen LogP contribution in [0.15, 0.2) is 48.5 Å². The van der Waals surface area contributed by atoms with Crippen molar-refractivity contribution in [3.8, 4) is 17.0 Å². The fourth-order valence-electron chi connectivity index (χ4n) is 2.80. The Labute approximate surface area is 163 Å². The minimum atomic E-state index is -3.65. The maximum absolute atomic E-state index is 12.6. The van der Waals surface area contributed by atoms with E-state index in [4.69, 9.17) is 16.3 Å². The van der Waals surface area contributed by atoms with Gasteiger partial charge in [0.2, 0.25) is 10.0 Å². The molecule has 0 amide bonds. The third-order valence-corrected chi connectivity index (χ3v) is 5.77. The van der Waals surface area contributed by atoms with Crippen molar-refractivity contribution in [3.63, 3.8) is 0 Å². The zero-order valence-electron chi connectivity index (χ0n) is 15.2. The zero-order valence-corrected chi connectivity index (χ0v) is 16.8. The normalized spacial score (nSPS) is 11.4. The summed E-state index contributed by atoms with van der Waals surface area (Å²) in [5.41, 5.74) is 2.86. The number of aromatic nitrogens is 2. The Morgan fingerprint density at radius 1 is 1.15 bits per heavy atom. The largest absolute Gasteiger partial charge is 0.497 e. The second kappa shape index (κ2) is 7.62. The Morgan fingerprint density at radius 2 is 1.81 bits per heavy atom. The molecule has 142 valence electrons. The van der Waals surface area contributed by atoms with Gasteiger partial charge >= 0.3 is 0 Å². The molecule has 1 N–H and O–H groups in total. The molecule has 6 nitrogen and oxygen atoms in total. The maximum atomic E-state index is 12.6. The molecule has 1 aromatic heterocycles. The highest BCUT2D eigenvalue weighted by atomic mass is 35.5. The van der Waals surface area contributed by atoms with Gasteiger partial charge in [0, 0.05) is 23.2 Å².